The molecule has 2 rings (SSSR count). The van der Waals surface area contributed by atoms with Crippen molar-refractivity contribution in [3.05, 3.63) is 47.7 Å². The van der Waals surface area contributed by atoms with E-state index >= 15 is 0 Å². The summed E-state index contributed by atoms with van der Waals surface area (Å²) >= 11 is 0. The van der Waals surface area contributed by atoms with Crippen LogP contribution < -0.4 is 10.1 Å². The zero-order valence-corrected chi connectivity index (χ0v) is 12.3. The van der Waals surface area contributed by atoms with E-state index < -0.39 is 0 Å². The summed E-state index contributed by atoms with van der Waals surface area (Å²) in [6.07, 6.45) is 0. The summed E-state index contributed by atoms with van der Waals surface area (Å²) in [7, 11) is 5.23. The largest absolute Gasteiger partial charge is 0.438 e. The van der Waals surface area contributed by atoms with E-state index in [1.54, 1.807) is 26.2 Å². The number of hydrogen-bond acceptors (Lipinski definition) is 5. The standard InChI is InChI=1S/C15H18N4O2/c1-16-10-11-5-4-6-12(9-11)21-14-8-7-13(17-18-14)15(20)19(2)3/h4-9,16H,10H2,1-3H3. The zero-order valence-electron chi connectivity index (χ0n) is 12.3. The van der Waals surface area contributed by atoms with Crippen molar-refractivity contribution in [2.75, 3.05) is 21.1 Å². The lowest BCUT2D eigenvalue weighted by molar-refractivity contribution is 0.0820. The van der Waals surface area contributed by atoms with E-state index in [2.05, 4.69) is 15.5 Å². The van der Waals surface area contributed by atoms with Gasteiger partial charge in [-0.05, 0) is 30.8 Å². The van der Waals surface area contributed by atoms with Gasteiger partial charge in [0.15, 0.2) is 5.69 Å². The van der Waals surface area contributed by atoms with Crippen molar-refractivity contribution >= 4 is 5.91 Å². The van der Waals surface area contributed by atoms with Gasteiger partial charge in [0.25, 0.3) is 5.91 Å². The number of amides is 1. The van der Waals surface area contributed by atoms with Gasteiger partial charge in [-0.1, -0.05) is 12.1 Å². The van der Waals surface area contributed by atoms with Crippen LogP contribution in [0.2, 0.25) is 0 Å². The molecule has 0 unspecified atom stereocenters. The molecule has 0 saturated carbocycles. The lowest BCUT2D eigenvalue weighted by Gasteiger charge is -2.09. The SMILES string of the molecule is CNCc1cccc(Oc2ccc(C(=O)N(C)C)nn2)c1. The second kappa shape index (κ2) is 6.81. The van der Waals surface area contributed by atoms with Crippen LogP contribution in [0.25, 0.3) is 0 Å². The Labute approximate surface area is 123 Å². The van der Waals surface area contributed by atoms with Crippen LogP contribution >= 0.6 is 0 Å². The van der Waals surface area contributed by atoms with Crippen LogP contribution in [0.15, 0.2) is 36.4 Å². The summed E-state index contributed by atoms with van der Waals surface area (Å²) in [4.78, 5) is 13.2. The summed E-state index contributed by atoms with van der Waals surface area (Å²) in [5.74, 6) is 0.848. The molecule has 1 amide bonds. The third-order valence-corrected chi connectivity index (χ3v) is 2.77. The van der Waals surface area contributed by atoms with Crippen molar-refractivity contribution in [3.63, 3.8) is 0 Å². The van der Waals surface area contributed by atoms with Crippen LogP contribution in [0.1, 0.15) is 16.1 Å². The van der Waals surface area contributed by atoms with Crippen LogP contribution in [0.4, 0.5) is 0 Å². The molecule has 2 aromatic rings. The number of nitrogens with one attached hydrogen (secondary N) is 1. The van der Waals surface area contributed by atoms with Crippen LogP contribution in [0.5, 0.6) is 11.6 Å². The second-order valence-electron chi connectivity index (χ2n) is 4.74. The van der Waals surface area contributed by atoms with Gasteiger partial charge >= 0.3 is 0 Å². The molecule has 0 fully saturated rings. The lowest BCUT2D eigenvalue weighted by Crippen LogP contribution is -2.23. The number of carbonyl (C=O) groups is 1. The minimum Gasteiger partial charge on any atom is -0.438 e. The van der Waals surface area contributed by atoms with E-state index in [9.17, 15) is 4.79 Å². The molecule has 6 nitrogen and oxygen atoms in total. The van der Waals surface area contributed by atoms with Gasteiger partial charge in [0.1, 0.15) is 5.75 Å². The molecule has 0 aliphatic heterocycles. The molecule has 1 aromatic carbocycles. The van der Waals surface area contributed by atoms with Crippen LogP contribution in [0, 0.1) is 0 Å². The number of benzene rings is 1. The van der Waals surface area contributed by atoms with E-state index in [1.807, 2.05) is 31.3 Å². The number of nitrogens with zero attached hydrogens (tertiary/aromatic N) is 3. The minimum absolute atomic E-state index is 0.190. The quantitative estimate of drug-likeness (QED) is 0.906. The van der Waals surface area contributed by atoms with E-state index in [0.29, 0.717) is 11.6 Å². The van der Waals surface area contributed by atoms with Crippen molar-refractivity contribution in [2.45, 2.75) is 6.54 Å². The fraction of sp³-hybridized carbons (Fsp3) is 0.267. The summed E-state index contributed by atoms with van der Waals surface area (Å²) in [5.41, 5.74) is 1.40. The maximum atomic E-state index is 11.7. The van der Waals surface area contributed by atoms with Gasteiger partial charge in [0, 0.05) is 26.7 Å². The Morgan fingerprint density at radius 1 is 1.24 bits per heavy atom. The number of carbonyl (C=O) groups excluding carboxylic acids is 1. The molecule has 0 aliphatic carbocycles. The summed E-state index contributed by atoms with van der Waals surface area (Å²) in [6, 6.07) is 10.9. The Bertz CT molecular complexity index is 611. The predicted octanol–water partition coefficient (Wildman–Crippen LogP) is 1.69. The normalized spacial score (nSPS) is 10.2. The van der Waals surface area contributed by atoms with Crippen LogP contribution in [0.3, 0.4) is 0 Å². The lowest BCUT2D eigenvalue weighted by atomic mass is 10.2. The highest BCUT2D eigenvalue weighted by Gasteiger charge is 2.10. The molecule has 0 bridgehead atoms. The highest BCUT2D eigenvalue weighted by atomic mass is 16.5. The fourth-order valence-corrected chi connectivity index (χ4v) is 1.76. The van der Waals surface area contributed by atoms with Crippen molar-refractivity contribution in [1.29, 1.82) is 0 Å². The molecule has 1 N–H and O–H groups in total. The molecule has 0 aliphatic rings. The molecule has 6 heteroatoms. The van der Waals surface area contributed by atoms with E-state index in [4.69, 9.17) is 4.74 Å². The molecule has 0 saturated heterocycles. The average molecular weight is 286 g/mol. The fourth-order valence-electron chi connectivity index (χ4n) is 1.76. The molecule has 1 aromatic heterocycles. The Morgan fingerprint density at radius 3 is 2.67 bits per heavy atom. The molecule has 0 atom stereocenters. The van der Waals surface area contributed by atoms with Gasteiger partial charge < -0.3 is 15.0 Å². The van der Waals surface area contributed by atoms with Gasteiger partial charge in [-0.2, -0.15) is 0 Å². The third kappa shape index (κ3) is 4.00. The van der Waals surface area contributed by atoms with Crippen molar-refractivity contribution < 1.29 is 9.53 Å². The van der Waals surface area contributed by atoms with Crippen LogP contribution in [-0.2, 0) is 6.54 Å². The molecular formula is C15H18N4O2. The first-order chi connectivity index (χ1) is 10.1. The topological polar surface area (TPSA) is 67.3 Å². The molecule has 110 valence electrons. The minimum atomic E-state index is -0.190. The highest BCUT2D eigenvalue weighted by Crippen LogP contribution is 2.20. The van der Waals surface area contributed by atoms with Crippen molar-refractivity contribution in [3.8, 4) is 11.6 Å². The number of hydrogen-bond donors (Lipinski definition) is 1. The van der Waals surface area contributed by atoms with Crippen molar-refractivity contribution in [1.82, 2.24) is 20.4 Å². The molecule has 0 spiro atoms. The second-order valence-corrected chi connectivity index (χ2v) is 4.74. The number of aromatic nitrogens is 2. The first-order valence-corrected chi connectivity index (χ1v) is 6.57. The maximum absolute atomic E-state index is 11.7. The zero-order chi connectivity index (χ0) is 15.2. The molecular weight excluding hydrogens is 268 g/mol. The Morgan fingerprint density at radius 2 is 2.05 bits per heavy atom. The van der Waals surface area contributed by atoms with Crippen molar-refractivity contribution in [2.24, 2.45) is 0 Å². The first-order valence-electron chi connectivity index (χ1n) is 6.57. The maximum Gasteiger partial charge on any atom is 0.273 e. The van der Waals surface area contributed by atoms with Gasteiger partial charge in [-0.25, -0.2) is 0 Å². The Hall–Kier alpha value is -2.47. The number of ether oxygens (including phenoxy) is 1. The summed E-state index contributed by atoms with van der Waals surface area (Å²) < 4.78 is 5.63. The van der Waals surface area contributed by atoms with E-state index in [1.165, 1.54) is 4.90 Å². The first kappa shape index (κ1) is 14.9. The van der Waals surface area contributed by atoms with Crippen LogP contribution in [-0.4, -0.2) is 42.1 Å². The Balaban J connectivity index is 2.10. The third-order valence-electron chi connectivity index (χ3n) is 2.77. The van der Waals surface area contributed by atoms with Gasteiger partial charge in [0.05, 0.1) is 0 Å². The molecule has 21 heavy (non-hydrogen) atoms. The van der Waals surface area contributed by atoms with Gasteiger partial charge in [-0.15, -0.1) is 10.2 Å². The van der Waals surface area contributed by atoms with E-state index in [0.717, 1.165) is 12.1 Å². The monoisotopic (exact) mass is 286 g/mol. The average Bonchev–Trinajstić information content (AvgIpc) is 2.48. The Kier molecular flexibility index (Phi) is 4.84. The van der Waals surface area contributed by atoms with E-state index in [-0.39, 0.29) is 11.6 Å². The predicted molar refractivity (Wildman–Crippen MR) is 79.3 cm³/mol. The molecule has 0 radical (unpaired) electrons. The summed E-state index contributed by atoms with van der Waals surface area (Å²) in [6.45, 7) is 0.763. The number of rotatable bonds is 5. The smallest absolute Gasteiger partial charge is 0.273 e. The molecule has 1 heterocycles. The highest BCUT2D eigenvalue weighted by molar-refractivity contribution is 5.91. The van der Waals surface area contributed by atoms with Gasteiger partial charge in [-0.3, -0.25) is 4.79 Å². The summed E-state index contributed by atoms with van der Waals surface area (Å²) in [5, 5.41) is 10.9. The van der Waals surface area contributed by atoms with Gasteiger partial charge in [0.2, 0.25) is 5.88 Å².